The van der Waals surface area contributed by atoms with Crippen molar-refractivity contribution in [3.8, 4) is 5.75 Å². The average Bonchev–Trinajstić information content (AvgIpc) is 2.67. The number of rotatable bonds is 3. The number of hydrogen-bond donors (Lipinski definition) is 0. The molecule has 0 N–H and O–H groups in total. The Balaban J connectivity index is 1.71. The number of benzene rings is 1. The standard InChI is InChI=1S/C21H30FN3O4/c1-21(2,3)29-20(26)25-9-8-24-12-18(28-13-14(24)11-25)15-6-7-17(22)16(10-23-4)19(15)27-5/h6-7,10,14,18H,8-9,11-13H2,1-5H3/t14-,18-/m0/s1. The van der Waals surface area contributed by atoms with Gasteiger partial charge in [-0.2, -0.15) is 0 Å². The summed E-state index contributed by atoms with van der Waals surface area (Å²) in [7, 11) is 3.12. The van der Waals surface area contributed by atoms with Crippen LogP contribution in [0.4, 0.5) is 9.18 Å². The van der Waals surface area contributed by atoms with E-state index in [4.69, 9.17) is 14.2 Å². The number of nitrogens with zero attached hydrogens (tertiary/aromatic N) is 3. The summed E-state index contributed by atoms with van der Waals surface area (Å²) in [6.45, 7) is 8.62. The Hall–Kier alpha value is -2.19. The molecule has 1 aromatic rings. The van der Waals surface area contributed by atoms with Gasteiger partial charge in [0.25, 0.3) is 0 Å². The minimum Gasteiger partial charge on any atom is -0.496 e. The van der Waals surface area contributed by atoms with E-state index in [1.54, 1.807) is 18.0 Å². The smallest absolute Gasteiger partial charge is 0.410 e. The molecule has 2 fully saturated rings. The first-order chi connectivity index (χ1) is 13.7. The molecular weight excluding hydrogens is 377 g/mol. The van der Waals surface area contributed by atoms with Gasteiger partial charge in [0.2, 0.25) is 0 Å². The van der Waals surface area contributed by atoms with Crippen LogP contribution in [0.1, 0.15) is 38.0 Å². The number of methoxy groups -OCH3 is 1. The predicted molar refractivity (Wildman–Crippen MR) is 108 cm³/mol. The summed E-state index contributed by atoms with van der Waals surface area (Å²) in [6.07, 6.45) is 0.935. The van der Waals surface area contributed by atoms with Crippen molar-refractivity contribution in [2.45, 2.75) is 38.5 Å². The number of halogens is 1. The molecule has 160 valence electrons. The number of carbonyl (C=O) groups excluding carboxylic acids is 1. The lowest BCUT2D eigenvalue weighted by atomic mass is 10.00. The van der Waals surface area contributed by atoms with Crippen LogP contribution in [0, 0.1) is 5.82 Å². The number of carbonyl (C=O) groups is 1. The fourth-order valence-corrected chi connectivity index (χ4v) is 3.79. The van der Waals surface area contributed by atoms with Gasteiger partial charge in [0.05, 0.1) is 31.4 Å². The summed E-state index contributed by atoms with van der Waals surface area (Å²) in [6, 6.07) is 3.24. The van der Waals surface area contributed by atoms with Crippen molar-refractivity contribution < 1.29 is 23.4 Å². The van der Waals surface area contributed by atoms with Gasteiger partial charge < -0.3 is 19.1 Å². The third-order valence-corrected chi connectivity index (χ3v) is 5.13. The van der Waals surface area contributed by atoms with E-state index in [0.717, 1.165) is 12.1 Å². The minimum atomic E-state index is -0.513. The number of fused-ring (bicyclic) bond motifs is 1. The molecular formula is C21H30FN3O4. The molecule has 2 aliphatic rings. The van der Waals surface area contributed by atoms with E-state index >= 15 is 0 Å². The van der Waals surface area contributed by atoms with Gasteiger partial charge in [0, 0.05) is 45.0 Å². The molecule has 1 aromatic carbocycles. The highest BCUT2D eigenvalue weighted by atomic mass is 19.1. The Morgan fingerprint density at radius 3 is 2.72 bits per heavy atom. The van der Waals surface area contributed by atoms with Gasteiger partial charge in [-0.1, -0.05) is 0 Å². The number of morpholine rings is 1. The van der Waals surface area contributed by atoms with Crippen molar-refractivity contribution in [1.82, 2.24) is 9.80 Å². The minimum absolute atomic E-state index is 0.107. The van der Waals surface area contributed by atoms with Crippen LogP contribution in [0.5, 0.6) is 5.75 Å². The van der Waals surface area contributed by atoms with Gasteiger partial charge in [-0.05, 0) is 32.9 Å². The fourth-order valence-electron chi connectivity index (χ4n) is 3.79. The molecule has 1 amide bonds. The molecule has 2 aliphatic heterocycles. The third-order valence-electron chi connectivity index (χ3n) is 5.13. The molecule has 3 rings (SSSR count). The molecule has 0 aliphatic carbocycles. The number of aliphatic imine (C=N–C) groups is 1. The predicted octanol–water partition coefficient (Wildman–Crippen LogP) is 2.88. The molecule has 0 radical (unpaired) electrons. The lowest BCUT2D eigenvalue weighted by Gasteiger charge is -2.46. The first-order valence-electron chi connectivity index (χ1n) is 9.85. The second-order valence-corrected chi connectivity index (χ2v) is 8.37. The zero-order valence-electron chi connectivity index (χ0n) is 17.8. The number of amides is 1. The molecule has 7 nitrogen and oxygen atoms in total. The van der Waals surface area contributed by atoms with E-state index in [1.165, 1.54) is 19.4 Å². The molecule has 2 atom stereocenters. The van der Waals surface area contributed by atoms with E-state index in [9.17, 15) is 9.18 Å². The summed E-state index contributed by atoms with van der Waals surface area (Å²) >= 11 is 0. The normalized spacial score (nSPS) is 23.2. The van der Waals surface area contributed by atoms with Crippen molar-refractivity contribution >= 4 is 12.3 Å². The highest BCUT2D eigenvalue weighted by molar-refractivity contribution is 5.84. The van der Waals surface area contributed by atoms with E-state index in [1.807, 2.05) is 20.8 Å². The highest BCUT2D eigenvalue weighted by Gasteiger charge is 2.37. The second kappa shape index (κ2) is 8.67. The SMILES string of the molecule is CN=Cc1c(F)ccc([C@@H]2CN3CCN(C(=O)OC(C)(C)C)C[C@H]3CO2)c1OC. The van der Waals surface area contributed by atoms with E-state index < -0.39 is 5.60 Å². The first-order valence-corrected chi connectivity index (χ1v) is 9.85. The zero-order chi connectivity index (χ0) is 21.2. The van der Waals surface area contributed by atoms with Crippen molar-refractivity contribution in [3.05, 3.63) is 29.1 Å². The Morgan fingerprint density at radius 1 is 1.31 bits per heavy atom. The number of hydrogen-bond acceptors (Lipinski definition) is 6. The quantitative estimate of drug-likeness (QED) is 0.721. The Labute approximate surface area is 171 Å². The molecule has 29 heavy (non-hydrogen) atoms. The summed E-state index contributed by atoms with van der Waals surface area (Å²) in [5, 5.41) is 0. The summed E-state index contributed by atoms with van der Waals surface area (Å²) in [5.41, 5.74) is 0.617. The topological polar surface area (TPSA) is 63.6 Å². The van der Waals surface area contributed by atoms with E-state index in [0.29, 0.717) is 37.6 Å². The third kappa shape index (κ3) is 4.87. The highest BCUT2D eigenvalue weighted by Crippen LogP contribution is 2.35. The number of piperazine rings is 1. The maximum absolute atomic E-state index is 14.2. The van der Waals surface area contributed by atoms with E-state index in [-0.39, 0.29) is 24.1 Å². The lowest BCUT2D eigenvalue weighted by molar-refractivity contribution is -0.0911. The Morgan fingerprint density at radius 2 is 2.07 bits per heavy atom. The zero-order valence-corrected chi connectivity index (χ0v) is 17.8. The monoisotopic (exact) mass is 407 g/mol. The number of ether oxygens (including phenoxy) is 3. The van der Waals surface area contributed by atoms with Crippen molar-refractivity contribution in [2.75, 3.05) is 46.9 Å². The summed E-state index contributed by atoms with van der Waals surface area (Å²) in [5.74, 6) is 0.0716. The second-order valence-electron chi connectivity index (χ2n) is 8.37. The van der Waals surface area contributed by atoms with Gasteiger partial charge in [-0.25, -0.2) is 9.18 Å². The maximum Gasteiger partial charge on any atom is 0.410 e. The van der Waals surface area contributed by atoms with Crippen LogP contribution in [0.2, 0.25) is 0 Å². The van der Waals surface area contributed by atoms with Gasteiger partial charge in [-0.3, -0.25) is 9.89 Å². The van der Waals surface area contributed by atoms with Crippen LogP contribution in [0.3, 0.4) is 0 Å². The van der Waals surface area contributed by atoms with Gasteiger partial charge in [0.1, 0.15) is 17.2 Å². The lowest BCUT2D eigenvalue weighted by Crippen LogP contribution is -2.60. The van der Waals surface area contributed by atoms with Crippen LogP contribution in [-0.2, 0) is 9.47 Å². The fraction of sp³-hybridized carbons (Fsp3) is 0.619. The van der Waals surface area contributed by atoms with Gasteiger partial charge in [-0.15, -0.1) is 0 Å². The summed E-state index contributed by atoms with van der Waals surface area (Å²) < 4.78 is 31.3. The molecule has 0 aromatic heterocycles. The average molecular weight is 407 g/mol. The van der Waals surface area contributed by atoms with Gasteiger partial charge >= 0.3 is 6.09 Å². The molecule has 8 heteroatoms. The first kappa shape index (κ1) is 21.5. The molecule has 0 saturated carbocycles. The Kier molecular flexibility index (Phi) is 6.43. The van der Waals surface area contributed by atoms with E-state index in [2.05, 4.69) is 9.89 Å². The summed E-state index contributed by atoms with van der Waals surface area (Å²) in [4.78, 5) is 20.4. The largest absolute Gasteiger partial charge is 0.496 e. The van der Waals surface area contributed by atoms with Crippen molar-refractivity contribution in [3.63, 3.8) is 0 Å². The molecule has 2 heterocycles. The molecule has 0 unspecified atom stereocenters. The molecule has 0 bridgehead atoms. The Bertz CT molecular complexity index is 778. The molecule has 2 saturated heterocycles. The maximum atomic E-state index is 14.2. The van der Waals surface area contributed by atoms with Crippen LogP contribution >= 0.6 is 0 Å². The van der Waals surface area contributed by atoms with Crippen molar-refractivity contribution in [1.29, 1.82) is 0 Å². The molecule has 0 spiro atoms. The van der Waals surface area contributed by atoms with Crippen molar-refractivity contribution in [2.24, 2.45) is 4.99 Å². The van der Waals surface area contributed by atoms with Crippen LogP contribution in [0.25, 0.3) is 0 Å². The van der Waals surface area contributed by atoms with Crippen LogP contribution < -0.4 is 4.74 Å². The van der Waals surface area contributed by atoms with Gasteiger partial charge in [0.15, 0.2) is 0 Å². The van der Waals surface area contributed by atoms with Crippen LogP contribution in [-0.4, -0.2) is 80.7 Å². The van der Waals surface area contributed by atoms with Crippen LogP contribution in [0.15, 0.2) is 17.1 Å².